The summed E-state index contributed by atoms with van der Waals surface area (Å²) in [5, 5.41) is 4.20. The van der Waals surface area contributed by atoms with E-state index < -0.39 is 9.84 Å². The highest BCUT2D eigenvalue weighted by molar-refractivity contribution is 7.91. The highest BCUT2D eigenvalue weighted by Gasteiger charge is 2.32. The SMILES string of the molecule is Cn1cc(CN(Cc2ccccc2)C2CCS(=O)(=O)C2)cn1. The number of aromatic nitrogens is 2. The molecule has 0 spiro atoms. The molecule has 1 aliphatic rings. The summed E-state index contributed by atoms with van der Waals surface area (Å²) in [5.41, 5.74) is 2.32. The Kier molecular flexibility index (Phi) is 4.31. The van der Waals surface area contributed by atoms with Crippen molar-refractivity contribution in [1.82, 2.24) is 14.7 Å². The van der Waals surface area contributed by atoms with Gasteiger partial charge in [-0.05, 0) is 12.0 Å². The molecule has 1 aromatic heterocycles. The zero-order chi connectivity index (χ0) is 15.6. The van der Waals surface area contributed by atoms with Gasteiger partial charge in [0.15, 0.2) is 9.84 Å². The normalized spacial score (nSPS) is 20.5. The minimum Gasteiger partial charge on any atom is -0.291 e. The summed E-state index contributed by atoms with van der Waals surface area (Å²) in [5.74, 6) is 0.566. The Morgan fingerprint density at radius 2 is 1.95 bits per heavy atom. The summed E-state index contributed by atoms with van der Waals surface area (Å²) in [4.78, 5) is 2.26. The van der Waals surface area contributed by atoms with Crippen LogP contribution < -0.4 is 0 Å². The van der Waals surface area contributed by atoms with Gasteiger partial charge in [0.1, 0.15) is 0 Å². The number of sulfone groups is 1. The number of nitrogens with zero attached hydrogens (tertiary/aromatic N) is 3. The predicted molar refractivity (Wildman–Crippen MR) is 86.0 cm³/mol. The molecule has 0 N–H and O–H groups in total. The van der Waals surface area contributed by atoms with Gasteiger partial charge in [-0.15, -0.1) is 0 Å². The van der Waals surface area contributed by atoms with Crippen LogP contribution in [0.25, 0.3) is 0 Å². The van der Waals surface area contributed by atoms with E-state index in [-0.39, 0.29) is 11.8 Å². The van der Waals surface area contributed by atoms with Crippen molar-refractivity contribution in [3.63, 3.8) is 0 Å². The van der Waals surface area contributed by atoms with Gasteiger partial charge in [-0.2, -0.15) is 5.10 Å². The molecule has 118 valence electrons. The molecular formula is C16H21N3O2S. The summed E-state index contributed by atoms with van der Waals surface area (Å²) in [7, 11) is -0.988. The third-order valence-corrected chi connectivity index (χ3v) is 5.85. The Balaban J connectivity index is 1.78. The standard InChI is InChI=1S/C16H21N3O2S/c1-18-10-15(9-17-18)12-19(11-14-5-3-2-4-6-14)16-7-8-22(20,21)13-16/h2-6,9-10,16H,7-8,11-13H2,1H3. The van der Waals surface area contributed by atoms with E-state index in [4.69, 9.17) is 0 Å². The van der Waals surface area contributed by atoms with Gasteiger partial charge in [-0.3, -0.25) is 9.58 Å². The maximum atomic E-state index is 11.8. The average Bonchev–Trinajstić information content (AvgIpc) is 3.05. The van der Waals surface area contributed by atoms with Crippen molar-refractivity contribution in [2.24, 2.45) is 7.05 Å². The van der Waals surface area contributed by atoms with Crippen molar-refractivity contribution in [2.75, 3.05) is 11.5 Å². The van der Waals surface area contributed by atoms with Crippen molar-refractivity contribution in [3.8, 4) is 0 Å². The molecule has 3 rings (SSSR count). The maximum Gasteiger partial charge on any atom is 0.151 e. The molecule has 2 heterocycles. The fourth-order valence-electron chi connectivity index (χ4n) is 2.98. The lowest BCUT2D eigenvalue weighted by Crippen LogP contribution is -2.35. The van der Waals surface area contributed by atoms with Gasteiger partial charge in [0.2, 0.25) is 0 Å². The molecule has 1 atom stereocenters. The van der Waals surface area contributed by atoms with Gasteiger partial charge >= 0.3 is 0 Å². The topological polar surface area (TPSA) is 55.2 Å². The molecule has 0 saturated carbocycles. The van der Waals surface area contributed by atoms with Gasteiger partial charge in [0, 0.05) is 37.9 Å². The lowest BCUT2D eigenvalue weighted by Gasteiger charge is -2.27. The number of hydrogen-bond acceptors (Lipinski definition) is 4. The van der Waals surface area contributed by atoms with Crippen molar-refractivity contribution in [3.05, 3.63) is 53.9 Å². The van der Waals surface area contributed by atoms with Gasteiger partial charge in [-0.1, -0.05) is 30.3 Å². The average molecular weight is 319 g/mol. The predicted octanol–water partition coefficient (Wildman–Crippen LogP) is 1.61. The van der Waals surface area contributed by atoms with Crippen molar-refractivity contribution >= 4 is 9.84 Å². The van der Waals surface area contributed by atoms with Crippen LogP contribution >= 0.6 is 0 Å². The highest BCUT2D eigenvalue weighted by atomic mass is 32.2. The van der Waals surface area contributed by atoms with Crippen LogP contribution in [0.4, 0.5) is 0 Å². The maximum absolute atomic E-state index is 11.8. The van der Waals surface area contributed by atoms with Crippen LogP contribution in [0.3, 0.4) is 0 Å². The number of aryl methyl sites for hydroxylation is 1. The lowest BCUT2D eigenvalue weighted by molar-refractivity contribution is 0.194. The van der Waals surface area contributed by atoms with Crippen molar-refractivity contribution < 1.29 is 8.42 Å². The van der Waals surface area contributed by atoms with Crippen LogP contribution in [0, 0.1) is 0 Å². The summed E-state index contributed by atoms with van der Waals surface area (Å²) in [6, 6.07) is 10.3. The summed E-state index contributed by atoms with van der Waals surface area (Å²) in [6.45, 7) is 1.48. The van der Waals surface area contributed by atoms with E-state index in [1.165, 1.54) is 5.56 Å². The molecule has 2 aromatic rings. The lowest BCUT2D eigenvalue weighted by atomic mass is 10.1. The molecule has 1 fully saturated rings. The van der Waals surface area contributed by atoms with E-state index in [2.05, 4.69) is 22.1 Å². The van der Waals surface area contributed by atoms with Crippen LogP contribution in [-0.4, -0.2) is 40.6 Å². The summed E-state index contributed by atoms with van der Waals surface area (Å²) in [6.07, 6.45) is 4.55. The molecule has 6 heteroatoms. The molecule has 0 amide bonds. The zero-order valence-corrected chi connectivity index (χ0v) is 13.5. The quantitative estimate of drug-likeness (QED) is 0.840. The largest absolute Gasteiger partial charge is 0.291 e. The van der Waals surface area contributed by atoms with E-state index >= 15 is 0 Å². The Morgan fingerprint density at radius 3 is 2.55 bits per heavy atom. The summed E-state index contributed by atoms with van der Waals surface area (Å²) < 4.78 is 25.4. The molecule has 1 saturated heterocycles. The van der Waals surface area contributed by atoms with E-state index in [0.717, 1.165) is 25.1 Å². The third-order valence-electron chi connectivity index (χ3n) is 4.10. The van der Waals surface area contributed by atoms with E-state index in [9.17, 15) is 8.42 Å². The van der Waals surface area contributed by atoms with Crippen molar-refractivity contribution in [1.29, 1.82) is 0 Å². The molecule has 1 aliphatic heterocycles. The fraction of sp³-hybridized carbons (Fsp3) is 0.438. The molecular weight excluding hydrogens is 298 g/mol. The first-order valence-electron chi connectivity index (χ1n) is 7.48. The monoisotopic (exact) mass is 319 g/mol. The minimum absolute atomic E-state index is 0.0883. The number of hydrogen-bond donors (Lipinski definition) is 0. The molecule has 0 bridgehead atoms. The van der Waals surface area contributed by atoms with Crippen LogP contribution in [0.2, 0.25) is 0 Å². The first-order chi connectivity index (χ1) is 10.5. The van der Waals surface area contributed by atoms with E-state index in [1.807, 2.05) is 37.6 Å². The van der Waals surface area contributed by atoms with Gasteiger partial charge in [0.25, 0.3) is 0 Å². The first kappa shape index (κ1) is 15.2. The van der Waals surface area contributed by atoms with E-state index in [0.29, 0.717) is 5.75 Å². The van der Waals surface area contributed by atoms with Crippen LogP contribution in [0.5, 0.6) is 0 Å². The zero-order valence-electron chi connectivity index (χ0n) is 12.7. The Bertz CT molecular complexity index is 725. The van der Waals surface area contributed by atoms with Gasteiger partial charge in [-0.25, -0.2) is 8.42 Å². The summed E-state index contributed by atoms with van der Waals surface area (Å²) >= 11 is 0. The fourth-order valence-corrected chi connectivity index (χ4v) is 4.75. The second-order valence-electron chi connectivity index (χ2n) is 5.97. The van der Waals surface area contributed by atoms with Crippen LogP contribution in [0.15, 0.2) is 42.7 Å². The number of benzene rings is 1. The second-order valence-corrected chi connectivity index (χ2v) is 8.20. The number of rotatable bonds is 5. The van der Waals surface area contributed by atoms with E-state index in [1.54, 1.807) is 4.68 Å². The second kappa shape index (κ2) is 6.22. The smallest absolute Gasteiger partial charge is 0.151 e. The molecule has 5 nitrogen and oxygen atoms in total. The Labute approximate surface area is 131 Å². The molecule has 0 radical (unpaired) electrons. The molecule has 22 heavy (non-hydrogen) atoms. The highest BCUT2D eigenvalue weighted by Crippen LogP contribution is 2.22. The molecule has 1 unspecified atom stereocenters. The van der Waals surface area contributed by atoms with Crippen LogP contribution in [0.1, 0.15) is 17.5 Å². The minimum atomic E-state index is -2.88. The van der Waals surface area contributed by atoms with Gasteiger partial charge in [0.05, 0.1) is 17.7 Å². The Morgan fingerprint density at radius 1 is 1.23 bits per heavy atom. The Hall–Kier alpha value is -1.66. The van der Waals surface area contributed by atoms with Gasteiger partial charge < -0.3 is 0 Å². The van der Waals surface area contributed by atoms with Crippen LogP contribution in [-0.2, 0) is 30.0 Å². The molecule has 1 aromatic carbocycles. The first-order valence-corrected chi connectivity index (χ1v) is 9.30. The van der Waals surface area contributed by atoms with Crippen molar-refractivity contribution in [2.45, 2.75) is 25.6 Å². The molecule has 0 aliphatic carbocycles. The third kappa shape index (κ3) is 3.75.